The monoisotopic (exact) mass is 455 g/mol. The predicted molar refractivity (Wildman–Crippen MR) is 120 cm³/mol. The van der Waals surface area contributed by atoms with Crippen LogP contribution < -0.4 is 11.1 Å². The van der Waals surface area contributed by atoms with Crippen molar-refractivity contribution < 1.29 is 14.3 Å². The van der Waals surface area contributed by atoms with Gasteiger partial charge < -0.3 is 19.9 Å². The SMILES string of the molecule is N[C@@](O)(C(=O)N1CCn2c(nc(-c3ccc(F)cc3)c2Nc2ccc(Cl)cc2)C1)C1CC1. The number of nitrogens with one attached hydrogen (secondary N) is 1. The zero-order valence-corrected chi connectivity index (χ0v) is 18.0. The van der Waals surface area contributed by atoms with Crippen LogP contribution in [0.2, 0.25) is 5.02 Å². The van der Waals surface area contributed by atoms with Crippen LogP contribution >= 0.6 is 11.6 Å². The molecule has 0 unspecified atom stereocenters. The number of imidazole rings is 1. The van der Waals surface area contributed by atoms with Gasteiger partial charge in [0.2, 0.25) is 0 Å². The molecule has 1 aliphatic carbocycles. The summed E-state index contributed by atoms with van der Waals surface area (Å²) in [5.74, 6) is 0.417. The molecule has 0 spiro atoms. The first-order chi connectivity index (χ1) is 15.3. The van der Waals surface area contributed by atoms with Gasteiger partial charge in [0.15, 0.2) is 5.72 Å². The third kappa shape index (κ3) is 3.85. The number of nitrogens with two attached hydrogens (primary N) is 1. The van der Waals surface area contributed by atoms with Gasteiger partial charge in [-0.25, -0.2) is 9.37 Å². The highest BCUT2D eigenvalue weighted by Gasteiger charge is 2.49. The lowest BCUT2D eigenvalue weighted by Gasteiger charge is -2.33. The molecule has 1 saturated carbocycles. The zero-order valence-electron chi connectivity index (χ0n) is 17.3. The fourth-order valence-electron chi connectivity index (χ4n) is 4.06. The van der Waals surface area contributed by atoms with E-state index in [-0.39, 0.29) is 18.3 Å². The van der Waals surface area contributed by atoms with Gasteiger partial charge in [-0.15, -0.1) is 0 Å². The summed E-state index contributed by atoms with van der Waals surface area (Å²) in [6, 6.07) is 13.4. The summed E-state index contributed by atoms with van der Waals surface area (Å²) in [4.78, 5) is 19.2. The largest absolute Gasteiger partial charge is 0.367 e. The van der Waals surface area contributed by atoms with Crippen LogP contribution in [0.3, 0.4) is 0 Å². The molecule has 0 radical (unpaired) electrons. The minimum atomic E-state index is -1.83. The van der Waals surface area contributed by atoms with E-state index in [0.717, 1.165) is 29.9 Å². The van der Waals surface area contributed by atoms with E-state index in [1.165, 1.54) is 12.1 Å². The second-order valence-electron chi connectivity index (χ2n) is 8.34. The van der Waals surface area contributed by atoms with Crippen LogP contribution in [0.5, 0.6) is 0 Å². The Bertz CT molecular complexity index is 1160. The Morgan fingerprint density at radius 3 is 2.50 bits per heavy atom. The van der Waals surface area contributed by atoms with Crippen LogP contribution in [-0.2, 0) is 17.9 Å². The summed E-state index contributed by atoms with van der Waals surface area (Å²) in [5.41, 5.74) is 6.33. The van der Waals surface area contributed by atoms with Crippen molar-refractivity contribution in [2.45, 2.75) is 31.7 Å². The lowest BCUT2D eigenvalue weighted by atomic mass is 10.1. The number of hydrogen-bond acceptors (Lipinski definition) is 5. The molecular formula is C23H23ClFN5O2. The maximum Gasteiger partial charge on any atom is 0.270 e. The Morgan fingerprint density at radius 1 is 1.16 bits per heavy atom. The Balaban J connectivity index is 1.50. The third-order valence-corrected chi connectivity index (χ3v) is 6.28. The summed E-state index contributed by atoms with van der Waals surface area (Å²) < 4.78 is 15.5. The summed E-state index contributed by atoms with van der Waals surface area (Å²) in [7, 11) is 0. The fraction of sp³-hybridized carbons (Fsp3) is 0.304. The minimum absolute atomic E-state index is 0.187. The highest BCUT2D eigenvalue weighted by atomic mass is 35.5. The lowest BCUT2D eigenvalue weighted by Crippen LogP contribution is -2.58. The predicted octanol–water partition coefficient (Wildman–Crippen LogP) is 3.49. The second-order valence-corrected chi connectivity index (χ2v) is 8.78. The number of carbonyl (C=O) groups excluding carboxylic acids is 1. The van der Waals surface area contributed by atoms with Gasteiger partial charge in [0.1, 0.15) is 23.2 Å². The molecule has 5 rings (SSSR count). The van der Waals surface area contributed by atoms with E-state index in [1.54, 1.807) is 29.2 Å². The summed E-state index contributed by atoms with van der Waals surface area (Å²) in [6.07, 6.45) is 1.51. The smallest absolute Gasteiger partial charge is 0.270 e. The van der Waals surface area contributed by atoms with Crippen molar-refractivity contribution in [3.8, 4) is 11.3 Å². The molecule has 1 aromatic heterocycles. The van der Waals surface area contributed by atoms with Crippen molar-refractivity contribution >= 4 is 29.0 Å². The molecule has 3 aromatic rings. The molecule has 7 nitrogen and oxygen atoms in total. The molecule has 1 atom stereocenters. The van der Waals surface area contributed by atoms with Crippen molar-refractivity contribution in [1.29, 1.82) is 0 Å². The van der Waals surface area contributed by atoms with E-state index in [9.17, 15) is 14.3 Å². The first-order valence-electron chi connectivity index (χ1n) is 10.5. The van der Waals surface area contributed by atoms with Crippen molar-refractivity contribution in [3.05, 3.63) is 65.2 Å². The number of carbonyl (C=O) groups is 1. The van der Waals surface area contributed by atoms with Gasteiger partial charge in [-0.2, -0.15) is 0 Å². The van der Waals surface area contributed by atoms with Gasteiger partial charge in [-0.1, -0.05) is 11.6 Å². The van der Waals surface area contributed by atoms with Crippen molar-refractivity contribution in [3.63, 3.8) is 0 Å². The molecule has 1 aliphatic heterocycles. The van der Waals surface area contributed by atoms with Gasteiger partial charge in [0.05, 0.1) is 6.54 Å². The van der Waals surface area contributed by atoms with Crippen molar-refractivity contribution in [2.75, 3.05) is 11.9 Å². The van der Waals surface area contributed by atoms with E-state index >= 15 is 0 Å². The zero-order chi connectivity index (χ0) is 22.5. The fourth-order valence-corrected chi connectivity index (χ4v) is 4.19. The first-order valence-corrected chi connectivity index (χ1v) is 10.9. The number of amides is 1. The Hall–Kier alpha value is -2.94. The highest BCUT2D eigenvalue weighted by Crippen LogP contribution is 2.39. The molecule has 166 valence electrons. The van der Waals surface area contributed by atoms with Crippen molar-refractivity contribution in [1.82, 2.24) is 14.5 Å². The van der Waals surface area contributed by atoms with Crippen LogP contribution in [0.15, 0.2) is 48.5 Å². The highest BCUT2D eigenvalue weighted by molar-refractivity contribution is 6.30. The number of aliphatic hydroxyl groups is 1. The number of aromatic nitrogens is 2. The molecule has 32 heavy (non-hydrogen) atoms. The normalized spacial score (nSPS) is 17.6. The van der Waals surface area contributed by atoms with Gasteiger partial charge in [-0.05, 0) is 61.4 Å². The molecule has 2 aromatic carbocycles. The van der Waals surface area contributed by atoms with Gasteiger partial charge in [0.25, 0.3) is 5.91 Å². The molecule has 2 aliphatic rings. The molecular weight excluding hydrogens is 433 g/mol. The van der Waals surface area contributed by atoms with Crippen LogP contribution in [0.1, 0.15) is 18.7 Å². The molecule has 9 heteroatoms. The number of halogens is 2. The standard InChI is InChI=1S/C23H23ClFN5O2/c24-16-5-9-18(10-6-16)27-21-20(14-1-7-17(25)8-2-14)28-19-13-29(11-12-30(19)21)22(31)23(26,32)15-3-4-15/h1-2,5-10,15,27,32H,3-4,11-13,26H2/t23-/m0/s1. The van der Waals surface area contributed by atoms with Gasteiger partial charge >= 0.3 is 0 Å². The summed E-state index contributed by atoms with van der Waals surface area (Å²) >= 11 is 6.01. The number of fused-ring (bicyclic) bond motifs is 1. The molecule has 1 amide bonds. The first kappa shape index (κ1) is 20.9. The molecule has 4 N–H and O–H groups in total. The molecule has 0 saturated heterocycles. The maximum atomic E-state index is 13.5. The van der Waals surface area contributed by atoms with E-state index < -0.39 is 11.6 Å². The van der Waals surface area contributed by atoms with Crippen LogP contribution in [0, 0.1) is 11.7 Å². The van der Waals surface area contributed by atoms with E-state index in [4.69, 9.17) is 22.3 Å². The quantitative estimate of drug-likeness (QED) is 0.512. The number of nitrogens with zero attached hydrogens (tertiary/aromatic N) is 3. The summed E-state index contributed by atoms with van der Waals surface area (Å²) in [6.45, 7) is 1.10. The lowest BCUT2D eigenvalue weighted by molar-refractivity contribution is -0.154. The van der Waals surface area contributed by atoms with Crippen LogP contribution in [-0.4, -0.2) is 37.7 Å². The minimum Gasteiger partial charge on any atom is -0.367 e. The average molecular weight is 456 g/mol. The number of anilines is 2. The Morgan fingerprint density at radius 2 is 1.84 bits per heavy atom. The Kier molecular flexibility index (Phi) is 5.16. The molecule has 1 fully saturated rings. The molecule has 0 bridgehead atoms. The number of benzene rings is 2. The number of hydrogen-bond donors (Lipinski definition) is 3. The third-order valence-electron chi connectivity index (χ3n) is 6.03. The van der Waals surface area contributed by atoms with E-state index in [1.807, 2.05) is 16.7 Å². The van der Waals surface area contributed by atoms with E-state index in [0.29, 0.717) is 29.6 Å². The average Bonchev–Trinajstić information content (AvgIpc) is 3.59. The number of rotatable bonds is 5. The van der Waals surface area contributed by atoms with E-state index in [2.05, 4.69) is 5.32 Å². The molecule has 2 heterocycles. The maximum absolute atomic E-state index is 13.5. The van der Waals surface area contributed by atoms with Gasteiger partial charge in [0, 0.05) is 35.3 Å². The summed E-state index contributed by atoms with van der Waals surface area (Å²) in [5, 5.41) is 14.5. The van der Waals surface area contributed by atoms with Gasteiger partial charge in [-0.3, -0.25) is 10.5 Å². The van der Waals surface area contributed by atoms with Crippen molar-refractivity contribution in [2.24, 2.45) is 11.7 Å². The van der Waals surface area contributed by atoms with Crippen LogP contribution in [0.4, 0.5) is 15.9 Å². The Labute approximate surface area is 189 Å². The van der Waals surface area contributed by atoms with Crippen LogP contribution in [0.25, 0.3) is 11.3 Å². The topological polar surface area (TPSA) is 96.4 Å². The second kappa shape index (κ2) is 7.88.